The first-order valence-electron chi connectivity index (χ1n) is 9.62. The van der Waals surface area contributed by atoms with E-state index in [4.69, 9.17) is 28.7 Å². The van der Waals surface area contributed by atoms with E-state index in [0.717, 1.165) is 26.3 Å². The Bertz CT molecular complexity index is 1040. The predicted octanol–water partition coefficient (Wildman–Crippen LogP) is 1.53. The first kappa shape index (κ1) is 26.1. The van der Waals surface area contributed by atoms with E-state index in [9.17, 15) is 22.8 Å². The van der Waals surface area contributed by atoms with Crippen molar-refractivity contribution in [2.45, 2.75) is 63.2 Å². The number of ether oxygens (including phenoxy) is 4. The molecule has 1 heterocycles. The number of carbonyl (C=O) groups is 3. The van der Waals surface area contributed by atoms with Crippen LogP contribution < -0.4 is 0 Å². The highest BCUT2D eigenvalue weighted by Crippen LogP contribution is 2.30. The molecule has 1 aliphatic heterocycles. The highest BCUT2D eigenvalue weighted by Gasteiger charge is 2.52. The number of hydrogen-bond acceptors (Lipinski definition) is 11. The van der Waals surface area contributed by atoms with Crippen molar-refractivity contribution in [2.75, 3.05) is 6.61 Å². The quantitative estimate of drug-likeness (QED) is 0.131. The summed E-state index contributed by atoms with van der Waals surface area (Å²) in [6.07, 6.45) is -7.31. The van der Waals surface area contributed by atoms with Crippen LogP contribution in [0.1, 0.15) is 26.3 Å². The monoisotopic (exact) mass is 485 g/mol. The Hall–Kier alpha value is -3.19. The van der Waals surface area contributed by atoms with Crippen molar-refractivity contribution in [3.05, 3.63) is 40.3 Å². The molecule has 180 valence electrons. The van der Waals surface area contributed by atoms with Gasteiger partial charge in [-0.1, -0.05) is 22.8 Å². The normalized spacial score (nSPS) is 24.8. The Kier molecular flexibility index (Phi) is 8.76. The second-order valence-corrected chi connectivity index (χ2v) is 8.66. The molecule has 1 saturated heterocycles. The van der Waals surface area contributed by atoms with Crippen LogP contribution in [-0.2, 0) is 47.6 Å². The van der Waals surface area contributed by atoms with Crippen LogP contribution in [0.25, 0.3) is 10.4 Å². The van der Waals surface area contributed by atoms with Gasteiger partial charge >= 0.3 is 17.9 Å². The van der Waals surface area contributed by atoms with Gasteiger partial charge in [-0.25, -0.2) is 0 Å². The fourth-order valence-electron chi connectivity index (χ4n) is 3.08. The number of azide groups is 1. The van der Waals surface area contributed by atoms with Gasteiger partial charge in [0, 0.05) is 25.7 Å². The van der Waals surface area contributed by atoms with Gasteiger partial charge in [-0.05, 0) is 24.6 Å². The molecule has 0 radical (unpaired) electrons. The van der Waals surface area contributed by atoms with Crippen LogP contribution in [0, 0.1) is 6.92 Å². The van der Waals surface area contributed by atoms with Crippen molar-refractivity contribution in [1.82, 2.24) is 0 Å². The highest BCUT2D eigenvalue weighted by atomic mass is 32.2. The number of carbonyl (C=O) groups excluding carboxylic acids is 3. The minimum absolute atomic E-state index is 0.131. The van der Waals surface area contributed by atoms with E-state index in [1.165, 1.54) is 12.1 Å². The summed E-state index contributed by atoms with van der Waals surface area (Å²) in [4.78, 5) is 37.5. The van der Waals surface area contributed by atoms with E-state index in [-0.39, 0.29) is 4.90 Å². The molecule has 1 aromatic rings. The zero-order chi connectivity index (χ0) is 24.8. The zero-order valence-electron chi connectivity index (χ0n) is 18.2. The van der Waals surface area contributed by atoms with E-state index >= 15 is 0 Å². The van der Waals surface area contributed by atoms with Crippen molar-refractivity contribution in [3.8, 4) is 0 Å². The van der Waals surface area contributed by atoms with Crippen LogP contribution in [-0.4, -0.2) is 63.6 Å². The molecule has 0 saturated carbocycles. The Balaban J connectivity index is 2.39. The number of hydrogen-bond donors (Lipinski definition) is 0. The number of nitrogens with zero attached hydrogens (tertiary/aromatic N) is 3. The molecule has 1 aromatic carbocycles. The van der Waals surface area contributed by atoms with Crippen LogP contribution >= 0.6 is 0 Å². The Morgan fingerprint density at radius 3 is 2.00 bits per heavy atom. The third-order valence-corrected chi connectivity index (χ3v) is 5.67. The lowest BCUT2D eigenvalue weighted by molar-refractivity contribution is -0.248. The molecule has 0 aliphatic carbocycles. The highest BCUT2D eigenvalue weighted by molar-refractivity contribution is 7.86. The molecule has 0 N–H and O–H groups in total. The van der Waals surface area contributed by atoms with Crippen LogP contribution in [0.2, 0.25) is 0 Å². The average molecular weight is 485 g/mol. The topological polar surface area (TPSA) is 180 Å². The summed E-state index contributed by atoms with van der Waals surface area (Å²) in [5.74, 6) is -2.48. The summed E-state index contributed by atoms with van der Waals surface area (Å²) >= 11 is 0. The molecule has 0 amide bonds. The third-order valence-electron chi connectivity index (χ3n) is 4.38. The second kappa shape index (κ2) is 11.1. The van der Waals surface area contributed by atoms with Crippen LogP contribution in [0.3, 0.4) is 0 Å². The fraction of sp³-hybridized carbons (Fsp3) is 0.526. The van der Waals surface area contributed by atoms with E-state index in [0.29, 0.717) is 0 Å². The molecule has 0 aromatic heterocycles. The zero-order valence-corrected chi connectivity index (χ0v) is 19.1. The number of rotatable bonds is 8. The first-order valence-corrected chi connectivity index (χ1v) is 11.0. The Morgan fingerprint density at radius 1 is 0.970 bits per heavy atom. The summed E-state index contributed by atoms with van der Waals surface area (Å²) in [6, 6.07) is 5.84. The molecule has 1 fully saturated rings. The van der Waals surface area contributed by atoms with Gasteiger partial charge in [0.1, 0.15) is 6.10 Å². The van der Waals surface area contributed by atoms with Gasteiger partial charge in [-0.15, -0.1) is 0 Å². The fourth-order valence-corrected chi connectivity index (χ4v) is 4.00. The molecular weight excluding hydrogens is 462 g/mol. The van der Waals surface area contributed by atoms with Gasteiger partial charge < -0.3 is 18.9 Å². The van der Waals surface area contributed by atoms with Crippen molar-refractivity contribution < 1.29 is 45.9 Å². The van der Waals surface area contributed by atoms with E-state index in [1.54, 1.807) is 19.1 Å². The molecule has 13 nitrogen and oxygen atoms in total. The number of aryl methyl sites for hydroxylation is 1. The molecule has 0 unspecified atom stereocenters. The summed E-state index contributed by atoms with van der Waals surface area (Å²) in [5, 5.41) is 3.40. The van der Waals surface area contributed by atoms with E-state index < -0.39 is 65.3 Å². The second-order valence-electron chi connectivity index (χ2n) is 7.04. The standard InChI is InChI=1S/C19H23N3O10S/c1-10-5-7-14(8-6-10)33(26,27)28-9-15-16(29-11(2)23)17(30-12(3)24)18(31-13(4)25)19(32-15)21-22-20/h5-8,15-19H,9H2,1-4H3/t15-,16-,17+,18-,19-/m1/s1. The van der Waals surface area contributed by atoms with Gasteiger partial charge in [0.05, 0.1) is 11.5 Å². The summed E-state index contributed by atoms with van der Waals surface area (Å²) in [5.41, 5.74) is 9.71. The number of benzene rings is 1. The lowest BCUT2D eigenvalue weighted by Gasteiger charge is -2.43. The van der Waals surface area contributed by atoms with Crippen LogP contribution in [0.4, 0.5) is 0 Å². The van der Waals surface area contributed by atoms with E-state index in [2.05, 4.69) is 10.0 Å². The smallest absolute Gasteiger partial charge is 0.303 e. The van der Waals surface area contributed by atoms with Crippen LogP contribution in [0.5, 0.6) is 0 Å². The molecular formula is C19H23N3O10S. The molecule has 2 rings (SSSR count). The maximum Gasteiger partial charge on any atom is 0.303 e. The van der Waals surface area contributed by atoms with Gasteiger partial charge in [-0.2, -0.15) is 8.42 Å². The maximum atomic E-state index is 12.6. The third kappa shape index (κ3) is 7.15. The molecule has 33 heavy (non-hydrogen) atoms. The van der Waals surface area contributed by atoms with Crippen molar-refractivity contribution in [3.63, 3.8) is 0 Å². The van der Waals surface area contributed by atoms with Gasteiger partial charge in [0.25, 0.3) is 10.1 Å². The van der Waals surface area contributed by atoms with Gasteiger partial charge in [0.2, 0.25) is 0 Å². The molecule has 14 heteroatoms. The maximum absolute atomic E-state index is 12.6. The largest absolute Gasteiger partial charge is 0.456 e. The predicted molar refractivity (Wildman–Crippen MR) is 109 cm³/mol. The van der Waals surface area contributed by atoms with E-state index in [1.807, 2.05) is 0 Å². The van der Waals surface area contributed by atoms with Gasteiger partial charge in [-0.3, -0.25) is 18.6 Å². The first-order chi connectivity index (χ1) is 15.4. The minimum atomic E-state index is -4.25. The van der Waals surface area contributed by atoms with Crippen LogP contribution in [0.15, 0.2) is 34.3 Å². The Morgan fingerprint density at radius 2 is 1.48 bits per heavy atom. The average Bonchev–Trinajstić information content (AvgIpc) is 2.70. The van der Waals surface area contributed by atoms with Crippen molar-refractivity contribution in [2.24, 2.45) is 5.11 Å². The lowest BCUT2D eigenvalue weighted by Crippen LogP contribution is -2.61. The van der Waals surface area contributed by atoms with Gasteiger partial charge in [0.15, 0.2) is 24.5 Å². The minimum Gasteiger partial charge on any atom is -0.456 e. The molecule has 5 atom stereocenters. The molecule has 0 bridgehead atoms. The molecule has 1 aliphatic rings. The molecule has 0 spiro atoms. The number of esters is 3. The Labute approximate surface area is 189 Å². The lowest BCUT2D eigenvalue weighted by atomic mass is 9.97. The summed E-state index contributed by atoms with van der Waals surface area (Å²) in [6.45, 7) is 4.26. The summed E-state index contributed by atoms with van der Waals surface area (Å²) in [7, 11) is -4.25. The summed E-state index contributed by atoms with van der Waals surface area (Å²) < 4.78 is 51.3. The van der Waals surface area contributed by atoms with Crippen molar-refractivity contribution in [1.29, 1.82) is 0 Å². The SMILES string of the molecule is CC(=O)O[C@@H]1[C@@H](OC(C)=O)[C@H](N=[N+]=[N-])O[C@H](COS(=O)(=O)c2ccc(C)cc2)[C@H]1OC(C)=O. The van der Waals surface area contributed by atoms with Crippen molar-refractivity contribution >= 4 is 28.0 Å².